The van der Waals surface area contributed by atoms with Gasteiger partial charge in [0, 0.05) is 13.1 Å². The highest BCUT2D eigenvalue weighted by Crippen LogP contribution is 2.17. The summed E-state index contributed by atoms with van der Waals surface area (Å²) in [5.41, 5.74) is 14.3. The molecular formula is C14H20N6O3S. The first-order chi connectivity index (χ1) is 11.4. The summed E-state index contributed by atoms with van der Waals surface area (Å²) in [5.74, 6) is 0.258. The highest BCUT2D eigenvalue weighted by atomic mass is 32.2. The molecule has 0 atom stereocenters. The number of nitrogens with zero attached hydrogens (tertiary/aromatic N) is 5. The van der Waals surface area contributed by atoms with Gasteiger partial charge in [-0.25, -0.2) is 0 Å². The van der Waals surface area contributed by atoms with Crippen LogP contribution in [0.25, 0.3) is 5.53 Å². The average molecular weight is 352 g/mol. The topological polar surface area (TPSA) is 134 Å². The number of aliphatic imine (C=N–C) groups is 1. The molecule has 24 heavy (non-hydrogen) atoms. The van der Waals surface area contributed by atoms with Crippen molar-refractivity contribution in [3.63, 3.8) is 0 Å². The van der Waals surface area contributed by atoms with Crippen LogP contribution in [0.2, 0.25) is 0 Å². The summed E-state index contributed by atoms with van der Waals surface area (Å²) in [6, 6.07) is 5.72. The summed E-state index contributed by atoms with van der Waals surface area (Å²) in [6.07, 6.45) is 1.06. The number of nitrogens with two attached hydrogens (primary N) is 1. The van der Waals surface area contributed by atoms with Crippen molar-refractivity contribution in [3.05, 3.63) is 29.8 Å². The van der Waals surface area contributed by atoms with Gasteiger partial charge in [-0.2, -0.15) is 18.2 Å². The van der Waals surface area contributed by atoms with Crippen molar-refractivity contribution in [2.75, 3.05) is 20.2 Å². The lowest BCUT2D eigenvalue weighted by atomic mass is 10.3. The highest BCUT2D eigenvalue weighted by molar-refractivity contribution is 7.90. The third kappa shape index (κ3) is 5.18. The molecule has 9 nitrogen and oxygen atoms in total. The lowest BCUT2D eigenvalue weighted by Crippen LogP contribution is -2.33. The molecule has 0 radical (unpaired) electrons. The maximum absolute atomic E-state index is 12.2. The smallest absolute Gasteiger partial charge is 0.322 e. The number of hydrogen-bond acceptors (Lipinski definition) is 3. The van der Waals surface area contributed by atoms with Crippen LogP contribution in [0, 0.1) is 0 Å². The molecule has 0 amide bonds. The van der Waals surface area contributed by atoms with Crippen molar-refractivity contribution in [2.24, 2.45) is 15.1 Å². The molecule has 1 aromatic rings. The number of hydrogen-bond donors (Lipinski definition) is 1. The van der Waals surface area contributed by atoms with Crippen LogP contribution in [0.4, 0.5) is 0 Å². The van der Waals surface area contributed by atoms with Gasteiger partial charge in [0.25, 0.3) is 10.0 Å². The van der Waals surface area contributed by atoms with Gasteiger partial charge in [-0.05, 0) is 38.1 Å². The number of methoxy groups -OCH3 is 1. The van der Waals surface area contributed by atoms with Gasteiger partial charge in [0.1, 0.15) is 5.75 Å². The Morgan fingerprint density at radius 2 is 1.92 bits per heavy atom. The number of benzene rings is 1. The first-order valence-electron chi connectivity index (χ1n) is 7.13. The van der Waals surface area contributed by atoms with Crippen molar-refractivity contribution in [1.82, 2.24) is 4.90 Å². The van der Waals surface area contributed by atoms with Gasteiger partial charge < -0.3 is 20.9 Å². The van der Waals surface area contributed by atoms with Crippen LogP contribution in [-0.2, 0) is 10.0 Å². The van der Waals surface area contributed by atoms with E-state index in [1.165, 1.54) is 31.4 Å². The number of ether oxygens (including phenoxy) is 1. The Hall–Kier alpha value is -2.71. The van der Waals surface area contributed by atoms with Gasteiger partial charge >= 0.3 is 6.21 Å². The fourth-order valence-corrected chi connectivity index (χ4v) is 2.71. The Bertz CT molecular complexity index is 760. The molecule has 0 heterocycles. The summed E-state index contributed by atoms with van der Waals surface area (Å²) in [7, 11) is -2.53. The standard InChI is InChI=1S/C14H20N6O3S/c1-4-20(5-2)13(10-17-16)18-14(15)19-24(21,22)12-8-6-11(23-3)7-9-12/h6-10H,4-5H2,1-3H3,(H2,15,19)/b18-13-. The maximum atomic E-state index is 12.2. The van der Waals surface area contributed by atoms with Crippen LogP contribution in [0.15, 0.2) is 38.6 Å². The first kappa shape index (κ1) is 19.3. The lowest BCUT2D eigenvalue weighted by molar-refractivity contribution is 0.00577. The van der Waals surface area contributed by atoms with E-state index in [1.54, 1.807) is 4.90 Å². The zero-order chi connectivity index (χ0) is 18.2. The number of guanidine groups is 1. The van der Waals surface area contributed by atoms with Gasteiger partial charge in [0.2, 0.25) is 11.8 Å². The quantitative estimate of drug-likeness (QED) is 0.349. The molecule has 0 fully saturated rings. The van der Waals surface area contributed by atoms with E-state index in [0.717, 1.165) is 6.21 Å². The molecule has 0 saturated heterocycles. The molecule has 2 N–H and O–H groups in total. The van der Waals surface area contributed by atoms with Gasteiger partial charge in [0.15, 0.2) is 0 Å². The van der Waals surface area contributed by atoms with E-state index in [1.807, 2.05) is 13.8 Å². The van der Waals surface area contributed by atoms with E-state index >= 15 is 0 Å². The van der Waals surface area contributed by atoms with Gasteiger partial charge in [0.05, 0.1) is 12.0 Å². The predicted octanol–water partition coefficient (Wildman–Crippen LogP) is 0.740. The maximum Gasteiger partial charge on any atom is 0.322 e. The SMILES string of the molecule is CCN(CC)/C(C=[N+]=[N-])=N\C(N)=N\S(=O)(=O)c1ccc(OC)cc1. The molecule has 0 saturated carbocycles. The van der Waals surface area contributed by atoms with Crippen molar-refractivity contribution in [2.45, 2.75) is 18.7 Å². The minimum atomic E-state index is -4.01. The third-order valence-electron chi connectivity index (χ3n) is 3.06. The van der Waals surface area contributed by atoms with Crippen molar-refractivity contribution in [1.29, 1.82) is 0 Å². The number of sulfonamides is 1. The zero-order valence-electron chi connectivity index (χ0n) is 13.7. The zero-order valence-corrected chi connectivity index (χ0v) is 14.6. The normalized spacial score (nSPS) is 12.5. The molecule has 0 aliphatic heterocycles. The van der Waals surface area contributed by atoms with Crippen LogP contribution in [0.1, 0.15) is 13.8 Å². The Morgan fingerprint density at radius 3 is 2.38 bits per heavy atom. The Labute approximate surface area is 141 Å². The number of rotatable bonds is 6. The van der Waals surface area contributed by atoms with E-state index in [4.69, 9.17) is 16.0 Å². The second kappa shape index (κ2) is 8.80. The van der Waals surface area contributed by atoms with Crippen LogP contribution < -0.4 is 10.5 Å². The molecule has 10 heteroatoms. The van der Waals surface area contributed by atoms with E-state index in [-0.39, 0.29) is 10.7 Å². The van der Waals surface area contributed by atoms with E-state index < -0.39 is 16.0 Å². The summed E-state index contributed by atoms with van der Waals surface area (Å²) in [6.45, 7) is 4.87. The van der Waals surface area contributed by atoms with E-state index in [9.17, 15) is 8.42 Å². The largest absolute Gasteiger partial charge is 0.497 e. The van der Waals surface area contributed by atoms with Crippen LogP contribution in [0.3, 0.4) is 0 Å². The Balaban J connectivity index is 3.19. The molecule has 1 aromatic carbocycles. The second-order valence-corrected chi connectivity index (χ2v) is 6.09. The Kier molecular flexibility index (Phi) is 7.09. The Morgan fingerprint density at radius 1 is 1.33 bits per heavy atom. The van der Waals surface area contributed by atoms with Crippen LogP contribution in [-0.4, -0.2) is 56.3 Å². The van der Waals surface area contributed by atoms with Crippen molar-refractivity contribution < 1.29 is 17.9 Å². The summed E-state index contributed by atoms with van der Waals surface area (Å²) < 4.78 is 32.9. The van der Waals surface area contributed by atoms with Gasteiger partial charge in [-0.1, -0.05) is 0 Å². The minimum Gasteiger partial charge on any atom is -0.497 e. The van der Waals surface area contributed by atoms with Gasteiger partial charge in [-0.3, -0.25) is 0 Å². The summed E-state index contributed by atoms with van der Waals surface area (Å²) >= 11 is 0. The van der Waals surface area contributed by atoms with Crippen molar-refractivity contribution in [3.8, 4) is 5.75 Å². The van der Waals surface area contributed by atoms with Crippen LogP contribution in [0.5, 0.6) is 5.75 Å². The molecule has 1 rings (SSSR count). The van der Waals surface area contributed by atoms with Crippen LogP contribution >= 0.6 is 0 Å². The fraction of sp³-hybridized carbons (Fsp3) is 0.357. The monoisotopic (exact) mass is 352 g/mol. The minimum absolute atomic E-state index is 0.0401. The first-order valence-corrected chi connectivity index (χ1v) is 8.57. The summed E-state index contributed by atoms with van der Waals surface area (Å²) in [5, 5.41) is 0. The molecule has 130 valence electrons. The molecule has 0 unspecified atom stereocenters. The molecule has 0 bridgehead atoms. The average Bonchev–Trinajstić information content (AvgIpc) is 2.55. The molecule has 0 spiro atoms. The van der Waals surface area contributed by atoms with Crippen molar-refractivity contribution >= 4 is 28.0 Å². The fourth-order valence-electron chi connectivity index (χ4n) is 1.84. The second-order valence-electron chi connectivity index (χ2n) is 4.49. The highest BCUT2D eigenvalue weighted by Gasteiger charge is 2.15. The van der Waals surface area contributed by atoms with Gasteiger partial charge in [-0.15, -0.1) is 4.40 Å². The third-order valence-corrected chi connectivity index (χ3v) is 4.36. The number of amidine groups is 1. The molecule has 0 aliphatic rings. The lowest BCUT2D eigenvalue weighted by Gasteiger charge is -2.17. The predicted molar refractivity (Wildman–Crippen MR) is 91.8 cm³/mol. The molecular weight excluding hydrogens is 332 g/mol. The van der Waals surface area contributed by atoms with E-state index in [0.29, 0.717) is 18.8 Å². The molecule has 0 aromatic heterocycles. The van der Waals surface area contributed by atoms with E-state index in [2.05, 4.69) is 14.2 Å². The molecule has 0 aliphatic carbocycles. The summed E-state index contributed by atoms with van der Waals surface area (Å²) in [4.78, 5) is 8.50.